The normalized spacial score (nSPS) is 11.3. The molecule has 0 fully saturated rings. The van der Waals surface area contributed by atoms with Crippen molar-refractivity contribution in [2.45, 2.75) is 39.5 Å². The maximum atomic E-state index is 9.05. The van der Waals surface area contributed by atoms with Crippen molar-refractivity contribution < 1.29 is 4.42 Å². The van der Waals surface area contributed by atoms with Gasteiger partial charge >= 0.3 is 0 Å². The van der Waals surface area contributed by atoms with Crippen LogP contribution in [0.1, 0.15) is 62.2 Å². The van der Waals surface area contributed by atoms with E-state index < -0.39 is 0 Å². The van der Waals surface area contributed by atoms with Gasteiger partial charge in [0.15, 0.2) is 0 Å². The molecular formula is C17H20N4O. The van der Waals surface area contributed by atoms with E-state index in [-0.39, 0.29) is 17.5 Å². The van der Waals surface area contributed by atoms with Crippen LogP contribution >= 0.6 is 0 Å². The third kappa shape index (κ3) is 3.73. The van der Waals surface area contributed by atoms with Crippen LogP contribution in [-0.2, 0) is 0 Å². The fraction of sp³-hybridized carbons (Fsp3) is 0.353. The first-order chi connectivity index (χ1) is 10.5. The summed E-state index contributed by atoms with van der Waals surface area (Å²) in [6, 6.07) is 10.2. The van der Waals surface area contributed by atoms with E-state index in [1.807, 2.05) is 32.0 Å². The second-order valence-corrected chi connectivity index (χ2v) is 5.69. The second kappa shape index (κ2) is 6.90. The number of nitriles is 1. The Kier molecular flexibility index (Phi) is 4.95. The van der Waals surface area contributed by atoms with Crippen LogP contribution in [0.15, 0.2) is 33.8 Å². The average Bonchev–Trinajstić information content (AvgIpc) is 2.91. The lowest BCUT2D eigenvalue weighted by Crippen LogP contribution is -1.92. The number of nitrogens with zero attached hydrogens (tertiary/aromatic N) is 3. The van der Waals surface area contributed by atoms with Gasteiger partial charge in [-0.25, -0.2) is 10.4 Å². The zero-order chi connectivity index (χ0) is 16.1. The first kappa shape index (κ1) is 15.8. The van der Waals surface area contributed by atoms with Crippen molar-refractivity contribution in [2.24, 2.45) is 5.10 Å². The number of hydrogen-bond donors (Lipinski definition) is 1. The number of nitrogens with one attached hydrogen (secondary N) is 1. The first-order valence-electron chi connectivity index (χ1n) is 7.31. The van der Waals surface area contributed by atoms with E-state index in [2.05, 4.69) is 41.5 Å². The number of anilines is 1. The maximum absolute atomic E-state index is 9.05. The summed E-state index contributed by atoms with van der Waals surface area (Å²) >= 11 is 0. The first-order valence-corrected chi connectivity index (χ1v) is 7.31. The van der Waals surface area contributed by atoms with E-state index in [4.69, 9.17) is 9.68 Å². The number of rotatable bonds is 5. The molecule has 5 heteroatoms. The molecule has 0 aliphatic carbocycles. The van der Waals surface area contributed by atoms with Gasteiger partial charge in [-0.15, -0.1) is 0 Å². The van der Waals surface area contributed by atoms with Crippen molar-refractivity contribution >= 4 is 12.1 Å². The van der Waals surface area contributed by atoms with Gasteiger partial charge in [0.1, 0.15) is 6.07 Å². The molecule has 0 amide bonds. The molecule has 0 bridgehead atoms. The Morgan fingerprint density at radius 1 is 1.18 bits per heavy atom. The Hall–Kier alpha value is -2.61. The average molecular weight is 296 g/mol. The Bertz CT molecular complexity index is 690. The van der Waals surface area contributed by atoms with Crippen molar-refractivity contribution in [2.75, 3.05) is 5.43 Å². The highest BCUT2D eigenvalue weighted by molar-refractivity contribution is 5.80. The molecule has 2 aromatic rings. The molecule has 5 nitrogen and oxygen atoms in total. The molecule has 0 aliphatic rings. The van der Waals surface area contributed by atoms with Crippen molar-refractivity contribution in [3.05, 3.63) is 47.0 Å². The van der Waals surface area contributed by atoms with Crippen LogP contribution in [-0.4, -0.2) is 11.2 Å². The summed E-state index contributed by atoms with van der Waals surface area (Å²) in [6.45, 7) is 8.22. The van der Waals surface area contributed by atoms with E-state index in [0.717, 1.165) is 5.56 Å². The van der Waals surface area contributed by atoms with Gasteiger partial charge in [0, 0.05) is 5.92 Å². The molecule has 0 atom stereocenters. The molecule has 0 saturated carbocycles. The minimum Gasteiger partial charge on any atom is -0.422 e. The summed E-state index contributed by atoms with van der Waals surface area (Å²) in [5.74, 6) is 1.43. The lowest BCUT2D eigenvalue weighted by Gasteiger charge is -2.04. The summed E-state index contributed by atoms with van der Waals surface area (Å²) in [5.41, 5.74) is 5.22. The maximum Gasteiger partial charge on any atom is 0.252 e. The van der Waals surface area contributed by atoms with Crippen LogP contribution in [0.4, 0.5) is 5.88 Å². The lowest BCUT2D eigenvalue weighted by molar-refractivity contribution is 0.481. The molecule has 1 heterocycles. The molecule has 1 aromatic carbocycles. The molecule has 0 saturated heterocycles. The summed E-state index contributed by atoms with van der Waals surface area (Å²) in [5, 5.41) is 13.2. The van der Waals surface area contributed by atoms with Gasteiger partial charge in [-0.1, -0.05) is 52.0 Å². The smallest absolute Gasteiger partial charge is 0.252 e. The molecule has 0 aliphatic heterocycles. The molecular weight excluding hydrogens is 276 g/mol. The van der Waals surface area contributed by atoms with Gasteiger partial charge in [-0.05, 0) is 17.0 Å². The van der Waals surface area contributed by atoms with Crippen molar-refractivity contribution in [1.29, 1.82) is 5.26 Å². The Morgan fingerprint density at radius 3 is 2.41 bits per heavy atom. The highest BCUT2D eigenvalue weighted by atomic mass is 16.4. The molecule has 0 radical (unpaired) electrons. The number of hydrazone groups is 1. The SMILES string of the molecule is CC(C)c1ccc(/C=N/Nc2oc(C(C)C)nc2C#N)cc1. The van der Waals surface area contributed by atoms with Crippen molar-refractivity contribution in [3.8, 4) is 6.07 Å². The van der Waals surface area contributed by atoms with Crippen LogP contribution < -0.4 is 5.43 Å². The van der Waals surface area contributed by atoms with Crippen molar-refractivity contribution in [1.82, 2.24) is 4.98 Å². The minimum absolute atomic E-state index is 0.121. The monoisotopic (exact) mass is 296 g/mol. The van der Waals surface area contributed by atoms with Gasteiger partial charge in [-0.2, -0.15) is 10.4 Å². The predicted octanol–water partition coefficient (Wildman–Crippen LogP) is 4.24. The van der Waals surface area contributed by atoms with E-state index >= 15 is 0 Å². The quantitative estimate of drug-likeness (QED) is 0.661. The van der Waals surface area contributed by atoms with Crippen LogP contribution in [0.3, 0.4) is 0 Å². The van der Waals surface area contributed by atoms with Gasteiger partial charge in [-0.3, -0.25) is 0 Å². The molecule has 0 spiro atoms. The third-order valence-electron chi connectivity index (χ3n) is 3.23. The van der Waals surface area contributed by atoms with Gasteiger partial charge in [0.2, 0.25) is 11.6 Å². The van der Waals surface area contributed by atoms with Crippen LogP contribution in [0, 0.1) is 11.3 Å². The topological polar surface area (TPSA) is 74.2 Å². The molecule has 22 heavy (non-hydrogen) atoms. The fourth-order valence-electron chi connectivity index (χ4n) is 1.87. The van der Waals surface area contributed by atoms with E-state index in [0.29, 0.717) is 11.8 Å². The van der Waals surface area contributed by atoms with E-state index in [1.54, 1.807) is 6.21 Å². The molecule has 1 N–H and O–H groups in total. The van der Waals surface area contributed by atoms with Crippen LogP contribution in [0.25, 0.3) is 0 Å². The van der Waals surface area contributed by atoms with Gasteiger partial charge < -0.3 is 4.42 Å². The minimum atomic E-state index is 0.121. The largest absolute Gasteiger partial charge is 0.422 e. The summed E-state index contributed by atoms with van der Waals surface area (Å²) in [6.07, 6.45) is 1.68. The zero-order valence-electron chi connectivity index (χ0n) is 13.3. The fourth-order valence-corrected chi connectivity index (χ4v) is 1.87. The van der Waals surface area contributed by atoms with E-state index in [9.17, 15) is 0 Å². The van der Waals surface area contributed by atoms with Crippen molar-refractivity contribution in [3.63, 3.8) is 0 Å². The van der Waals surface area contributed by atoms with Gasteiger partial charge in [0.05, 0.1) is 6.21 Å². The highest BCUT2D eigenvalue weighted by Gasteiger charge is 2.14. The number of benzene rings is 1. The zero-order valence-corrected chi connectivity index (χ0v) is 13.3. The molecule has 114 valence electrons. The molecule has 2 rings (SSSR count). The Morgan fingerprint density at radius 2 is 1.86 bits per heavy atom. The number of hydrogen-bond acceptors (Lipinski definition) is 5. The number of aromatic nitrogens is 1. The predicted molar refractivity (Wildman–Crippen MR) is 87.1 cm³/mol. The second-order valence-electron chi connectivity index (χ2n) is 5.69. The highest BCUT2D eigenvalue weighted by Crippen LogP contribution is 2.22. The summed E-state index contributed by atoms with van der Waals surface area (Å²) < 4.78 is 5.50. The molecule has 0 unspecified atom stereocenters. The van der Waals surface area contributed by atoms with Gasteiger partial charge in [0.25, 0.3) is 5.88 Å². The van der Waals surface area contributed by atoms with E-state index in [1.165, 1.54) is 5.56 Å². The summed E-state index contributed by atoms with van der Waals surface area (Å²) in [4.78, 5) is 4.12. The van der Waals surface area contributed by atoms with Crippen LogP contribution in [0.2, 0.25) is 0 Å². The Balaban J connectivity index is 2.07. The lowest BCUT2D eigenvalue weighted by atomic mass is 10.0. The standard InChI is InChI=1S/C17H20N4O/c1-11(2)14-7-5-13(6-8-14)10-19-21-17-15(9-18)20-16(22-17)12(3)4/h5-8,10-12,21H,1-4H3/b19-10+. The summed E-state index contributed by atoms with van der Waals surface area (Å²) in [7, 11) is 0. The Labute approximate surface area is 130 Å². The van der Waals surface area contributed by atoms with Crippen LogP contribution in [0.5, 0.6) is 0 Å². The third-order valence-corrected chi connectivity index (χ3v) is 3.23. The molecule has 1 aromatic heterocycles. The number of oxazole rings is 1.